The van der Waals surface area contributed by atoms with Crippen LogP contribution in [0.25, 0.3) is 6.08 Å². The van der Waals surface area contributed by atoms with Gasteiger partial charge >= 0.3 is 0 Å². The smallest absolute Gasteiger partial charge is 0.162 e. The highest BCUT2D eigenvalue weighted by Crippen LogP contribution is 2.34. The minimum atomic E-state index is -0.744. The van der Waals surface area contributed by atoms with Crippen LogP contribution in [0.15, 0.2) is 43.0 Å². The van der Waals surface area contributed by atoms with Crippen LogP contribution in [0.2, 0.25) is 0 Å². The van der Waals surface area contributed by atoms with Gasteiger partial charge in [0.05, 0.1) is 0 Å². The molecule has 0 spiro atoms. The van der Waals surface area contributed by atoms with Gasteiger partial charge in [-0.25, -0.2) is 8.78 Å². The minimum Gasteiger partial charge on any atom is -0.204 e. The Balaban J connectivity index is 1.91. The number of rotatable bonds is 2. The zero-order chi connectivity index (χ0) is 14.1. The van der Waals surface area contributed by atoms with Crippen molar-refractivity contribution >= 4 is 6.08 Å². The molecule has 2 heteroatoms. The molecule has 2 aromatic carbocycles. The van der Waals surface area contributed by atoms with E-state index in [0.29, 0.717) is 12.0 Å². The van der Waals surface area contributed by atoms with Crippen molar-refractivity contribution in [3.63, 3.8) is 0 Å². The minimum absolute atomic E-state index is 0.262. The fourth-order valence-electron chi connectivity index (χ4n) is 2.95. The third-order valence-corrected chi connectivity index (χ3v) is 4.15. The van der Waals surface area contributed by atoms with Gasteiger partial charge in [0.2, 0.25) is 0 Å². The van der Waals surface area contributed by atoms with E-state index in [1.54, 1.807) is 12.1 Å². The summed E-state index contributed by atoms with van der Waals surface area (Å²) in [6.45, 7) is 3.73. The second-order valence-electron chi connectivity index (χ2n) is 5.31. The van der Waals surface area contributed by atoms with Gasteiger partial charge in [-0.2, -0.15) is 0 Å². The van der Waals surface area contributed by atoms with E-state index < -0.39 is 11.6 Å². The summed E-state index contributed by atoms with van der Waals surface area (Å²) in [6, 6.07) is 11.1. The molecule has 3 rings (SSSR count). The highest BCUT2D eigenvalue weighted by Gasteiger charge is 2.24. The predicted molar refractivity (Wildman–Crippen MR) is 77.7 cm³/mol. The van der Waals surface area contributed by atoms with Crippen molar-refractivity contribution < 1.29 is 8.78 Å². The molecule has 1 aliphatic carbocycles. The van der Waals surface area contributed by atoms with Gasteiger partial charge in [0.25, 0.3) is 0 Å². The fraction of sp³-hybridized carbons (Fsp3) is 0.222. The van der Waals surface area contributed by atoms with Gasteiger partial charge in [-0.05, 0) is 53.5 Å². The average molecular weight is 270 g/mol. The molecule has 1 atom stereocenters. The number of hydrogen-bond acceptors (Lipinski definition) is 0. The Morgan fingerprint density at radius 1 is 1.05 bits per heavy atom. The second-order valence-corrected chi connectivity index (χ2v) is 5.31. The monoisotopic (exact) mass is 270 g/mol. The van der Waals surface area contributed by atoms with Crippen molar-refractivity contribution in [2.24, 2.45) is 0 Å². The topological polar surface area (TPSA) is 0 Å². The van der Waals surface area contributed by atoms with E-state index in [2.05, 4.69) is 18.7 Å². The van der Waals surface area contributed by atoms with Crippen LogP contribution in [0.1, 0.15) is 34.6 Å². The van der Waals surface area contributed by atoms with Gasteiger partial charge in [0, 0.05) is 0 Å². The summed E-state index contributed by atoms with van der Waals surface area (Å²) in [6.07, 6.45) is 4.16. The Morgan fingerprint density at radius 3 is 2.50 bits per heavy atom. The van der Waals surface area contributed by atoms with Crippen molar-refractivity contribution in [1.82, 2.24) is 0 Å². The molecule has 0 nitrogen and oxygen atoms in total. The summed E-state index contributed by atoms with van der Waals surface area (Å²) in [7, 11) is 0. The van der Waals surface area contributed by atoms with Crippen LogP contribution in [0.4, 0.5) is 8.78 Å². The van der Waals surface area contributed by atoms with E-state index >= 15 is 0 Å². The molecule has 20 heavy (non-hydrogen) atoms. The quantitative estimate of drug-likeness (QED) is 0.729. The Bertz CT molecular complexity index is 641. The van der Waals surface area contributed by atoms with Gasteiger partial charge in [-0.3, -0.25) is 0 Å². The van der Waals surface area contributed by atoms with E-state index in [-0.39, 0.29) is 5.92 Å². The van der Waals surface area contributed by atoms with E-state index in [1.807, 2.05) is 12.1 Å². The van der Waals surface area contributed by atoms with E-state index in [9.17, 15) is 8.78 Å². The van der Waals surface area contributed by atoms with Gasteiger partial charge in [0.15, 0.2) is 11.6 Å². The van der Waals surface area contributed by atoms with Crippen molar-refractivity contribution in [1.29, 1.82) is 0 Å². The third-order valence-electron chi connectivity index (χ3n) is 4.15. The maximum absolute atomic E-state index is 13.9. The highest BCUT2D eigenvalue weighted by atomic mass is 19.2. The van der Waals surface area contributed by atoms with Crippen LogP contribution in [0, 0.1) is 11.6 Å². The summed E-state index contributed by atoms with van der Waals surface area (Å²) < 4.78 is 27.3. The molecule has 0 saturated heterocycles. The molecule has 102 valence electrons. The summed E-state index contributed by atoms with van der Waals surface area (Å²) in [5.74, 6) is -1.15. The molecule has 0 aliphatic heterocycles. The maximum Gasteiger partial charge on any atom is 0.162 e. The molecule has 0 bridgehead atoms. The molecule has 0 N–H and O–H groups in total. The molecule has 0 amide bonds. The standard InChI is InChI=1S/C18H16F2/c1-2-12-3-5-13(6-4-12)15-8-7-14-9-10-17(19)18(20)16(14)11-15/h2-6,9-10,15H,1,7-8,11H2. The van der Waals surface area contributed by atoms with Crippen molar-refractivity contribution in [3.8, 4) is 0 Å². The molecule has 0 aromatic heterocycles. The number of aryl methyl sites for hydroxylation is 1. The first-order valence-electron chi connectivity index (χ1n) is 6.87. The third kappa shape index (κ3) is 2.26. The second kappa shape index (κ2) is 5.20. The highest BCUT2D eigenvalue weighted by molar-refractivity contribution is 5.48. The van der Waals surface area contributed by atoms with Crippen LogP contribution >= 0.6 is 0 Å². The van der Waals surface area contributed by atoms with Crippen molar-refractivity contribution in [3.05, 3.63) is 76.9 Å². The lowest BCUT2D eigenvalue weighted by atomic mass is 9.80. The first kappa shape index (κ1) is 13.0. The lowest BCUT2D eigenvalue weighted by molar-refractivity contribution is 0.476. The summed E-state index contributed by atoms with van der Waals surface area (Å²) in [4.78, 5) is 0. The first-order valence-corrected chi connectivity index (χ1v) is 6.87. The molecule has 1 aliphatic rings. The number of fused-ring (bicyclic) bond motifs is 1. The van der Waals surface area contributed by atoms with Crippen molar-refractivity contribution in [2.75, 3.05) is 0 Å². The molecule has 1 unspecified atom stereocenters. The van der Waals surface area contributed by atoms with Gasteiger partial charge in [-0.15, -0.1) is 0 Å². The summed E-state index contributed by atoms with van der Waals surface area (Å²) >= 11 is 0. The summed E-state index contributed by atoms with van der Waals surface area (Å²) in [5, 5.41) is 0. The zero-order valence-corrected chi connectivity index (χ0v) is 11.2. The van der Waals surface area contributed by atoms with Crippen LogP contribution in [-0.4, -0.2) is 0 Å². The van der Waals surface area contributed by atoms with Crippen LogP contribution < -0.4 is 0 Å². The van der Waals surface area contributed by atoms with Gasteiger partial charge in [0.1, 0.15) is 0 Å². The Kier molecular flexibility index (Phi) is 3.39. The Labute approximate surface area is 117 Å². The van der Waals surface area contributed by atoms with Crippen molar-refractivity contribution in [2.45, 2.75) is 25.2 Å². The Hall–Kier alpha value is -1.96. The normalized spacial score (nSPS) is 17.6. The van der Waals surface area contributed by atoms with Gasteiger partial charge in [-0.1, -0.05) is 43.0 Å². The molecular weight excluding hydrogens is 254 g/mol. The number of benzene rings is 2. The van der Waals surface area contributed by atoms with E-state index in [4.69, 9.17) is 0 Å². The summed E-state index contributed by atoms with van der Waals surface area (Å²) in [5.41, 5.74) is 3.75. The number of halogens is 2. The molecule has 0 heterocycles. The fourth-order valence-corrected chi connectivity index (χ4v) is 2.95. The van der Waals surface area contributed by atoms with E-state index in [1.165, 1.54) is 11.6 Å². The lowest BCUT2D eigenvalue weighted by Crippen LogP contribution is -2.15. The zero-order valence-electron chi connectivity index (χ0n) is 11.2. The SMILES string of the molecule is C=Cc1ccc(C2CCc3ccc(F)c(F)c3C2)cc1. The van der Waals surface area contributed by atoms with Crippen LogP contribution in [-0.2, 0) is 12.8 Å². The maximum atomic E-state index is 13.9. The predicted octanol–water partition coefficient (Wildman–Crippen LogP) is 4.88. The first-order chi connectivity index (χ1) is 9.69. The van der Waals surface area contributed by atoms with Gasteiger partial charge < -0.3 is 0 Å². The lowest BCUT2D eigenvalue weighted by Gasteiger charge is -2.25. The molecule has 0 fully saturated rings. The average Bonchev–Trinajstić information content (AvgIpc) is 2.51. The molecule has 2 aromatic rings. The largest absolute Gasteiger partial charge is 0.204 e. The molecular formula is C18H16F2. The Morgan fingerprint density at radius 2 is 1.80 bits per heavy atom. The molecule has 0 saturated carbocycles. The van der Waals surface area contributed by atoms with Crippen LogP contribution in [0.5, 0.6) is 0 Å². The number of hydrogen-bond donors (Lipinski definition) is 0. The molecule has 0 radical (unpaired) electrons. The van der Waals surface area contributed by atoms with E-state index in [0.717, 1.165) is 24.0 Å². The van der Waals surface area contributed by atoms with Crippen LogP contribution in [0.3, 0.4) is 0 Å².